The Labute approximate surface area is 278 Å². The molecule has 13 heteroatoms. The SMILES string of the molecule is CN(C)CC(=O)N[C@@H]1C[C@H]2COc3ccsc3C(=O)N(C)[C@H](C(=O)NCc3ccc4ccccc4c3)CCC(=O)N(C)CC(=O)N2C1. The zero-order valence-corrected chi connectivity index (χ0v) is 28.0. The van der Waals surface area contributed by atoms with Crippen LogP contribution in [-0.4, -0.2) is 122 Å². The summed E-state index contributed by atoms with van der Waals surface area (Å²) in [6.07, 6.45) is 0.488. The van der Waals surface area contributed by atoms with Gasteiger partial charge in [-0.15, -0.1) is 11.3 Å². The van der Waals surface area contributed by atoms with Crippen molar-refractivity contribution in [3.63, 3.8) is 0 Å². The summed E-state index contributed by atoms with van der Waals surface area (Å²) in [5.74, 6) is -1.15. The number of likely N-dealkylation sites (N-methyl/N-ethyl adjacent to an activating group) is 3. The van der Waals surface area contributed by atoms with Crippen LogP contribution in [0.4, 0.5) is 0 Å². The predicted molar refractivity (Wildman–Crippen MR) is 179 cm³/mol. The maximum atomic E-state index is 13.8. The number of carbonyl (C=O) groups excluding carboxylic acids is 5. The summed E-state index contributed by atoms with van der Waals surface area (Å²) in [4.78, 5) is 73.1. The standard InChI is InChI=1S/C34H42N6O6S/c1-37(2)19-29(41)36-25-16-26-21-46-28-13-14-47-32(28)34(45)39(4)27(11-12-30(42)38(3)20-31(43)40(26)18-25)33(44)35-17-22-9-10-23-7-5-6-8-24(23)15-22/h5-10,13-15,25-27H,11-12,16-21H2,1-4H3,(H,35,44)(H,36,41)/t25-,26+,27+/m1/s1. The number of ether oxygens (including phenoxy) is 1. The summed E-state index contributed by atoms with van der Waals surface area (Å²) in [5.41, 5.74) is 0.909. The van der Waals surface area contributed by atoms with Gasteiger partial charge in [0.05, 0.1) is 19.1 Å². The molecule has 3 atom stereocenters. The van der Waals surface area contributed by atoms with Crippen LogP contribution >= 0.6 is 11.3 Å². The molecule has 2 aliphatic rings. The minimum absolute atomic E-state index is 0.0457. The first-order valence-corrected chi connectivity index (χ1v) is 16.6. The Bertz CT molecular complexity index is 1640. The van der Waals surface area contributed by atoms with E-state index in [1.54, 1.807) is 49.4 Å². The summed E-state index contributed by atoms with van der Waals surface area (Å²) in [6, 6.07) is 14.0. The smallest absolute Gasteiger partial charge is 0.268 e. The second kappa shape index (κ2) is 14.9. The van der Waals surface area contributed by atoms with Gasteiger partial charge in [0.2, 0.25) is 23.6 Å². The lowest BCUT2D eigenvalue weighted by Gasteiger charge is -2.28. The van der Waals surface area contributed by atoms with E-state index < -0.39 is 11.9 Å². The number of carbonyl (C=O) groups is 5. The molecule has 5 amide bonds. The highest BCUT2D eigenvalue weighted by molar-refractivity contribution is 7.12. The summed E-state index contributed by atoms with van der Waals surface area (Å²) in [7, 11) is 6.72. The van der Waals surface area contributed by atoms with Gasteiger partial charge in [-0.05, 0) is 60.8 Å². The molecule has 47 heavy (non-hydrogen) atoms. The van der Waals surface area contributed by atoms with Gasteiger partial charge in [0.1, 0.15) is 23.3 Å². The lowest BCUT2D eigenvalue weighted by Crippen LogP contribution is -2.48. The molecule has 2 N–H and O–H groups in total. The van der Waals surface area contributed by atoms with E-state index in [0.29, 0.717) is 17.0 Å². The molecule has 1 fully saturated rings. The zero-order chi connectivity index (χ0) is 33.7. The molecule has 0 saturated carbocycles. The molecule has 0 spiro atoms. The molecular weight excluding hydrogens is 620 g/mol. The Balaban J connectivity index is 1.34. The van der Waals surface area contributed by atoms with Crippen LogP contribution in [0.1, 0.15) is 34.5 Å². The van der Waals surface area contributed by atoms with E-state index in [2.05, 4.69) is 10.6 Å². The number of fused-ring (bicyclic) bond motifs is 3. The van der Waals surface area contributed by atoms with Gasteiger partial charge in [0.15, 0.2) is 0 Å². The van der Waals surface area contributed by atoms with Crippen LogP contribution in [0.15, 0.2) is 53.9 Å². The maximum Gasteiger partial charge on any atom is 0.268 e. The largest absolute Gasteiger partial charge is 0.490 e. The number of thiophene rings is 1. The van der Waals surface area contributed by atoms with Crippen molar-refractivity contribution in [3.05, 3.63) is 64.4 Å². The van der Waals surface area contributed by atoms with E-state index in [0.717, 1.165) is 16.3 Å². The van der Waals surface area contributed by atoms with Crippen LogP contribution in [0, 0.1) is 0 Å². The number of nitrogens with one attached hydrogen (secondary N) is 2. The second-order valence-corrected chi connectivity index (χ2v) is 13.4. The molecule has 2 aromatic carbocycles. The third kappa shape index (κ3) is 8.27. The number of rotatable bonds is 6. The van der Waals surface area contributed by atoms with Gasteiger partial charge >= 0.3 is 0 Å². The van der Waals surface area contributed by atoms with Gasteiger partial charge in [0, 0.05) is 39.6 Å². The second-order valence-electron chi connectivity index (χ2n) is 12.5. The van der Waals surface area contributed by atoms with Gasteiger partial charge < -0.3 is 35.0 Å². The maximum absolute atomic E-state index is 13.8. The van der Waals surface area contributed by atoms with E-state index in [1.807, 2.05) is 42.5 Å². The van der Waals surface area contributed by atoms with E-state index in [4.69, 9.17) is 4.74 Å². The normalized spacial score (nSPS) is 21.2. The lowest BCUT2D eigenvalue weighted by molar-refractivity contribution is -0.140. The van der Waals surface area contributed by atoms with E-state index in [9.17, 15) is 24.0 Å². The number of benzene rings is 2. The molecule has 250 valence electrons. The van der Waals surface area contributed by atoms with Crippen LogP contribution < -0.4 is 15.4 Å². The molecular formula is C34H42N6O6S. The molecule has 3 aromatic rings. The van der Waals surface area contributed by atoms with Gasteiger partial charge in [-0.3, -0.25) is 24.0 Å². The fraction of sp³-hybridized carbons (Fsp3) is 0.441. The van der Waals surface area contributed by atoms with Crippen LogP contribution in [0.5, 0.6) is 5.75 Å². The third-order valence-corrected chi connectivity index (χ3v) is 9.50. The van der Waals surface area contributed by atoms with Crippen LogP contribution in [0.25, 0.3) is 10.8 Å². The van der Waals surface area contributed by atoms with Gasteiger partial charge in [-0.1, -0.05) is 36.4 Å². The number of amides is 5. The van der Waals surface area contributed by atoms with Crippen molar-refractivity contribution in [1.29, 1.82) is 0 Å². The Morgan fingerprint density at radius 3 is 2.55 bits per heavy atom. The minimum Gasteiger partial charge on any atom is -0.490 e. The van der Waals surface area contributed by atoms with E-state index in [-0.39, 0.29) is 81.3 Å². The van der Waals surface area contributed by atoms with Crippen molar-refractivity contribution < 1.29 is 28.7 Å². The van der Waals surface area contributed by atoms with Crippen molar-refractivity contribution in [2.24, 2.45) is 0 Å². The molecule has 0 aliphatic carbocycles. The fourth-order valence-corrected chi connectivity index (χ4v) is 6.90. The van der Waals surface area contributed by atoms with Crippen LogP contribution in [0.3, 0.4) is 0 Å². The quantitative estimate of drug-likeness (QED) is 0.413. The minimum atomic E-state index is -0.939. The van der Waals surface area contributed by atoms with Gasteiger partial charge in [0.25, 0.3) is 5.91 Å². The predicted octanol–water partition coefficient (Wildman–Crippen LogP) is 1.94. The van der Waals surface area contributed by atoms with Crippen molar-refractivity contribution in [1.82, 2.24) is 30.2 Å². The molecule has 2 aliphatic heterocycles. The Kier molecular flexibility index (Phi) is 10.8. The number of hydrogen-bond acceptors (Lipinski definition) is 8. The van der Waals surface area contributed by atoms with Crippen LogP contribution in [-0.2, 0) is 25.7 Å². The van der Waals surface area contributed by atoms with Crippen molar-refractivity contribution in [3.8, 4) is 5.75 Å². The first-order chi connectivity index (χ1) is 22.5. The van der Waals surface area contributed by atoms with Crippen molar-refractivity contribution >= 4 is 51.6 Å². The first kappa shape index (κ1) is 33.9. The molecule has 1 aromatic heterocycles. The third-order valence-electron chi connectivity index (χ3n) is 8.62. The lowest BCUT2D eigenvalue weighted by atomic mass is 10.1. The highest BCUT2D eigenvalue weighted by atomic mass is 32.1. The molecule has 12 nitrogen and oxygen atoms in total. The molecule has 0 bridgehead atoms. The summed E-state index contributed by atoms with van der Waals surface area (Å²) in [5, 5.41) is 9.84. The average Bonchev–Trinajstić information content (AvgIpc) is 3.68. The Morgan fingerprint density at radius 2 is 1.79 bits per heavy atom. The molecule has 0 radical (unpaired) electrons. The zero-order valence-electron chi connectivity index (χ0n) is 27.2. The van der Waals surface area contributed by atoms with Gasteiger partial charge in [-0.25, -0.2) is 0 Å². The summed E-state index contributed by atoms with van der Waals surface area (Å²) in [6.45, 7) is 0.696. The van der Waals surface area contributed by atoms with Gasteiger partial charge in [-0.2, -0.15) is 0 Å². The highest BCUT2D eigenvalue weighted by Crippen LogP contribution is 2.29. The summed E-state index contributed by atoms with van der Waals surface area (Å²) >= 11 is 1.20. The monoisotopic (exact) mass is 662 g/mol. The average molecular weight is 663 g/mol. The number of nitrogens with zero attached hydrogens (tertiary/aromatic N) is 4. The Morgan fingerprint density at radius 1 is 1.02 bits per heavy atom. The van der Waals surface area contributed by atoms with E-state index in [1.165, 1.54) is 21.1 Å². The van der Waals surface area contributed by atoms with Crippen molar-refractivity contribution in [2.75, 3.05) is 54.4 Å². The summed E-state index contributed by atoms with van der Waals surface area (Å²) < 4.78 is 6.15. The molecule has 0 unspecified atom stereocenters. The first-order valence-electron chi connectivity index (χ1n) is 15.7. The Hall–Kier alpha value is -4.49. The number of hydrogen-bond donors (Lipinski definition) is 2. The van der Waals surface area contributed by atoms with Crippen LogP contribution in [0.2, 0.25) is 0 Å². The topological polar surface area (TPSA) is 132 Å². The highest BCUT2D eigenvalue weighted by Gasteiger charge is 2.38. The molecule has 5 rings (SSSR count). The molecule has 1 saturated heterocycles. The van der Waals surface area contributed by atoms with Crippen molar-refractivity contribution in [2.45, 2.75) is 43.9 Å². The fourth-order valence-electron chi connectivity index (χ4n) is 6.09. The van der Waals surface area contributed by atoms with E-state index >= 15 is 0 Å². The molecule has 3 heterocycles.